The fraction of sp³-hybridized carbons (Fsp3) is 0.130. The Morgan fingerprint density at radius 1 is 0.931 bits per heavy atom. The van der Waals surface area contributed by atoms with Crippen LogP contribution >= 0.6 is 15.9 Å². The van der Waals surface area contributed by atoms with Crippen molar-refractivity contribution in [1.82, 2.24) is 0 Å². The van der Waals surface area contributed by atoms with Gasteiger partial charge in [-0.05, 0) is 60.7 Å². The van der Waals surface area contributed by atoms with Crippen LogP contribution in [0.25, 0.3) is 0 Å². The Balaban J connectivity index is 1.39. The SMILES string of the molecule is O=C(Nc1ccc(Br)cc1)C1CC(=O)N(c2ccc(Oc3ccccc3)cc2)C1. The van der Waals surface area contributed by atoms with E-state index in [1.165, 1.54) is 0 Å². The fourth-order valence-electron chi connectivity index (χ4n) is 3.23. The number of ether oxygens (including phenoxy) is 1. The van der Waals surface area contributed by atoms with Crippen molar-refractivity contribution in [3.8, 4) is 11.5 Å². The van der Waals surface area contributed by atoms with E-state index >= 15 is 0 Å². The molecule has 2 amide bonds. The maximum Gasteiger partial charge on any atom is 0.229 e. The third kappa shape index (κ3) is 4.66. The van der Waals surface area contributed by atoms with Gasteiger partial charge in [0.25, 0.3) is 0 Å². The number of hydrogen-bond donors (Lipinski definition) is 1. The first-order valence-electron chi connectivity index (χ1n) is 9.28. The monoisotopic (exact) mass is 450 g/mol. The normalized spacial score (nSPS) is 16.0. The summed E-state index contributed by atoms with van der Waals surface area (Å²) < 4.78 is 6.73. The van der Waals surface area contributed by atoms with Crippen molar-refractivity contribution in [1.29, 1.82) is 0 Å². The van der Waals surface area contributed by atoms with Crippen molar-refractivity contribution in [2.24, 2.45) is 5.92 Å². The lowest BCUT2D eigenvalue weighted by Crippen LogP contribution is -2.28. The molecule has 1 aliphatic rings. The minimum atomic E-state index is -0.383. The zero-order valence-electron chi connectivity index (χ0n) is 15.5. The lowest BCUT2D eigenvalue weighted by atomic mass is 10.1. The molecule has 1 saturated heterocycles. The topological polar surface area (TPSA) is 58.6 Å². The van der Waals surface area contributed by atoms with Crippen LogP contribution in [0.15, 0.2) is 83.3 Å². The maximum atomic E-state index is 12.6. The number of hydrogen-bond acceptors (Lipinski definition) is 3. The van der Waals surface area contributed by atoms with Crippen LogP contribution in [0.1, 0.15) is 6.42 Å². The number of amides is 2. The highest BCUT2D eigenvalue weighted by atomic mass is 79.9. The highest BCUT2D eigenvalue weighted by molar-refractivity contribution is 9.10. The van der Waals surface area contributed by atoms with Gasteiger partial charge >= 0.3 is 0 Å². The quantitative estimate of drug-likeness (QED) is 0.578. The third-order valence-corrected chi connectivity index (χ3v) is 5.26. The van der Waals surface area contributed by atoms with Crippen molar-refractivity contribution < 1.29 is 14.3 Å². The molecule has 3 aromatic carbocycles. The number of rotatable bonds is 5. The van der Waals surface area contributed by atoms with E-state index in [1.807, 2.05) is 78.9 Å². The second-order valence-electron chi connectivity index (χ2n) is 6.81. The molecule has 5 nitrogen and oxygen atoms in total. The summed E-state index contributed by atoms with van der Waals surface area (Å²) in [6.45, 7) is 0.361. The summed E-state index contributed by atoms with van der Waals surface area (Å²) >= 11 is 3.37. The largest absolute Gasteiger partial charge is 0.457 e. The molecule has 6 heteroatoms. The zero-order chi connectivity index (χ0) is 20.2. The molecule has 1 heterocycles. The molecule has 0 radical (unpaired) electrons. The summed E-state index contributed by atoms with van der Waals surface area (Å²) in [7, 11) is 0. The molecule has 0 aliphatic carbocycles. The number of anilines is 2. The number of halogens is 1. The molecule has 4 rings (SSSR count). The van der Waals surface area contributed by atoms with Crippen LogP contribution in [0.5, 0.6) is 11.5 Å². The molecule has 0 saturated carbocycles. The van der Waals surface area contributed by atoms with E-state index in [0.717, 1.165) is 15.9 Å². The van der Waals surface area contributed by atoms with Gasteiger partial charge in [-0.25, -0.2) is 0 Å². The molecule has 0 spiro atoms. The number of benzene rings is 3. The molecule has 0 bridgehead atoms. The van der Waals surface area contributed by atoms with E-state index in [-0.39, 0.29) is 24.2 Å². The minimum Gasteiger partial charge on any atom is -0.457 e. The Bertz CT molecular complexity index is 1000. The van der Waals surface area contributed by atoms with Gasteiger partial charge in [-0.15, -0.1) is 0 Å². The Morgan fingerprint density at radius 2 is 1.59 bits per heavy atom. The first-order chi connectivity index (χ1) is 14.1. The average molecular weight is 451 g/mol. The highest BCUT2D eigenvalue weighted by Gasteiger charge is 2.35. The van der Waals surface area contributed by atoms with Crippen LogP contribution < -0.4 is 15.0 Å². The minimum absolute atomic E-state index is 0.0577. The Hall–Kier alpha value is -3.12. The van der Waals surface area contributed by atoms with E-state index in [1.54, 1.807) is 4.90 Å². The smallest absolute Gasteiger partial charge is 0.229 e. The molecular weight excluding hydrogens is 432 g/mol. The predicted octanol–water partition coefficient (Wildman–Crippen LogP) is 5.23. The number of carbonyl (C=O) groups is 2. The molecule has 29 heavy (non-hydrogen) atoms. The first-order valence-corrected chi connectivity index (χ1v) is 10.1. The van der Waals surface area contributed by atoms with Gasteiger partial charge in [-0.1, -0.05) is 34.1 Å². The molecule has 3 aromatic rings. The van der Waals surface area contributed by atoms with Crippen LogP contribution in [0.3, 0.4) is 0 Å². The van der Waals surface area contributed by atoms with Gasteiger partial charge in [0.1, 0.15) is 11.5 Å². The van der Waals surface area contributed by atoms with E-state index in [4.69, 9.17) is 4.74 Å². The second kappa shape index (κ2) is 8.49. The van der Waals surface area contributed by atoms with Crippen LogP contribution in [0, 0.1) is 5.92 Å². The molecule has 0 aromatic heterocycles. The highest BCUT2D eigenvalue weighted by Crippen LogP contribution is 2.29. The summed E-state index contributed by atoms with van der Waals surface area (Å²) in [5.41, 5.74) is 1.47. The van der Waals surface area contributed by atoms with Gasteiger partial charge in [0.15, 0.2) is 0 Å². The molecule has 1 atom stereocenters. The van der Waals surface area contributed by atoms with Gasteiger partial charge in [0, 0.05) is 28.8 Å². The number of nitrogens with one attached hydrogen (secondary N) is 1. The van der Waals surface area contributed by atoms with Gasteiger partial charge in [0.2, 0.25) is 11.8 Å². The molecular formula is C23H19BrN2O3. The Morgan fingerprint density at radius 3 is 2.28 bits per heavy atom. The standard InChI is InChI=1S/C23H19BrN2O3/c24-17-6-8-18(9-7-17)25-23(28)16-14-22(27)26(15-16)19-10-12-21(13-11-19)29-20-4-2-1-3-5-20/h1-13,16H,14-15H2,(H,25,28). The van der Waals surface area contributed by atoms with Gasteiger partial charge in [-0.3, -0.25) is 9.59 Å². The number of para-hydroxylation sites is 1. The van der Waals surface area contributed by atoms with Crippen molar-refractivity contribution in [3.63, 3.8) is 0 Å². The fourth-order valence-corrected chi connectivity index (χ4v) is 3.49. The molecule has 1 fully saturated rings. The van der Waals surface area contributed by atoms with Gasteiger partial charge in [0.05, 0.1) is 5.92 Å². The Kier molecular flexibility index (Phi) is 5.62. The summed E-state index contributed by atoms with van der Waals surface area (Å²) in [6.07, 6.45) is 0.199. The predicted molar refractivity (Wildman–Crippen MR) is 116 cm³/mol. The van der Waals surface area contributed by atoms with Crippen LogP contribution in [0.4, 0.5) is 11.4 Å². The summed E-state index contributed by atoms with van der Waals surface area (Å²) in [6, 6.07) is 24.2. The third-order valence-electron chi connectivity index (χ3n) is 4.73. The van der Waals surface area contributed by atoms with E-state index in [9.17, 15) is 9.59 Å². The zero-order valence-corrected chi connectivity index (χ0v) is 17.1. The van der Waals surface area contributed by atoms with Crippen molar-refractivity contribution in [2.45, 2.75) is 6.42 Å². The van der Waals surface area contributed by atoms with E-state index in [0.29, 0.717) is 18.0 Å². The van der Waals surface area contributed by atoms with Crippen LogP contribution in [0.2, 0.25) is 0 Å². The molecule has 146 valence electrons. The van der Waals surface area contributed by atoms with Crippen LogP contribution in [-0.4, -0.2) is 18.4 Å². The first kappa shape index (κ1) is 19.2. The Labute approximate surface area is 177 Å². The molecule has 1 unspecified atom stereocenters. The lowest BCUT2D eigenvalue weighted by Gasteiger charge is -2.17. The second-order valence-corrected chi connectivity index (χ2v) is 7.73. The summed E-state index contributed by atoms with van der Waals surface area (Å²) in [4.78, 5) is 26.7. The molecule has 1 aliphatic heterocycles. The average Bonchev–Trinajstić information content (AvgIpc) is 3.13. The molecule has 1 N–H and O–H groups in total. The summed E-state index contributed by atoms with van der Waals surface area (Å²) in [5, 5.41) is 2.88. The van der Waals surface area contributed by atoms with Crippen LogP contribution in [-0.2, 0) is 9.59 Å². The van der Waals surface area contributed by atoms with E-state index < -0.39 is 0 Å². The van der Waals surface area contributed by atoms with E-state index in [2.05, 4.69) is 21.2 Å². The van der Waals surface area contributed by atoms with Gasteiger partial charge < -0.3 is 15.0 Å². The summed E-state index contributed by atoms with van der Waals surface area (Å²) in [5.74, 6) is 0.856. The number of nitrogens with zero attached hydrogens (tertiary/aromatic N) is 1. The van der Waals surface area contributed by atoms with Crippen molar-refractivity contribution in [2.75, 3.05) is 16.8 Å². The maximum absolute atomic E-state index is 12.6. The lowest BCUT2D eigenvalue weighted by molar-refractivity contribution is -0.122. The van der Waals surface area contributed by atoms with Crippen molar-refractivity contribution >= 4 is 39.1 Å². The van der Waals surface area contributed by atoms with Crippen molar-refractivity contribution in [3.05, 3.63) is 83.3 Å². The number of carbonyl (C=O) groups excluding carboxylic acids is 2. The van der Waals surface area contributed by atoms with Gasteiger partial charge in [-0.2, -0.15) is 0 Å².